The van der Waals surface area contributed by atoms with Crippen molar-refractivity contribution in [1.82, 2.24) is 14.8 Å². The Morgan fingerprint density at radius 2 is 2.12 bits per heavy atom. The van der Waals surface area contributed by atoms with Crippen molar-refractivity contribution in [3.05, 3.63) is 42.5 Å². The van der Waals surface area contributed by atoms with E-state index in [0.717, 1.165) is 11.3 Å². The summed E-state index contributed by atoms with van der Waals surface area (Å²) in [5.41, 5.74) is 1.92. The smallest absolute Gasteiger partial charge is 0.224 e. The highest BCUT2D eigenvalue weighted by molar-refractivity contribution is 6.27. The van der Waals surface area contributed by atoms with E-state index in [1.165, 1.54) is 6.33 Å². The summed E-state index contributed by atoms with van der Waals surface area (Å²) in [6.45, 7) is 3.84. The van der Waals surface area contributed by atoms with Gasteiger partial charge in [0.1, 0.15) is 18.8 Å². The molecule has 0 bridgehead atoms. The van der Waals surface area contributed by atoms with Gasteiger partial charge >= 0.3 is 0 Å². The van der Waals surface area contributed by atoms with E-state index < -0.39 is 17.7 Å². The van der Waals surface area contributed by atoms with Gasteiger partial charge in [-0.1, -0.05) is 12.1 Å². The normalized spacial score (nSPS) is 22.9. The van der Waals surface area contributed by atoms with Gasteiger partial charge in [-0.2, -0.15) is 5.10 Å². The highest BCUT2D eigenvalue weighted by atomic mass is 16.7. The van der Waals surface area contributed by atoms with Crippen molar-refractivity contribution >= 4 is 12.1 Å². The van der Waals surface area contributed by atoms with Crippen LogP contribution in [-0.4, -0.2) is 45.3 Å². The van der Waals surface area contributed by atoms with Crippen LogP contribution < -0.4 is 0 Å². The fourth-order valence-corrected chi connectivity index (χ4v) is 2.78. The number of carbonyl (C=O) groups excluding carboxylic acids is 2. The molecule has 2 heterocycles. The summed E-state index contributed by atoms with van der Waals surface area (Å²) in [6, 6.07) is 7.77. The highest BCUT2D eigenvalue weighted by Gasteiger charge is 2.40. The molecule has 1 aliphatic rings. The largest absolute Gasteiger partial charge is 0.350 e. The molecule has 2 aromatic rings. The molecule has 1 saturated heterocycles. The predicted octanol–water partition coefficient (Wildman–Crippen LogP) is 1.35. The van der Waals surface area contributed by atoms with E-state index in [1.807, 2.05) is 24.3 Å². The lowest BCUT2D eigenvalue weighted by Gasteiger charge is -2.39. The Labute approximate surface area is 139 Å². The van der Waals surface area contributed by atoms with Crippen molar-refractivity contribution in [1.29, 1.82) is 0 Å². The lowest BCUT2D eigenvalue weighted by Crippen LogP contribution is -2.50. The Balaban J connectivity index is 1.74. The second kappa shape index (κ2) is 6.62. The molecule has 0 aliphatic carbocycles. The lowest BCUT2D eigenvalue weighted by molar-refractivity contribution is -0.284. The fourth-order valence-electron chi connectivity index (χ4n) is 2.78. The summed E-state index contributed by atoms with van der Waals surface area (Å²) < 4.78 is 13.0. The molecule has 0 saturated carbocycles. The third kappa shape index (κ3) is 3.58. The maximum atomic E-state index is 11.9. The van der Waals surface area contributed by atoms with Crippen LogP contribution in [0, 0.1) is 5.92 Å². The minimum absolute atomic E-state index is 0.201. The van der Waals surface area contributed by atoms with Gasteiger partial charge in [0.15, 0.2) is 12.1 Å². The minimum Gasteiger partial charge on any atom is -0.350 e. The van der Waals surface area contributed by atoms with Crippen LogP contribution in [-0.2, 0) is 25.5 Å². The number of ether oxygens (including phenoxy) is 2. The van der Waals surface area contributed by atoms with Gasteiger partial charge < -0.3 is 9.47 Å². The number of benzene rings is 1. The quantitative estimate of drug-likeness (QED) is 0.608. The number of aldehydes is 1. The number of hydrogen-bond acceptors (Lipinski definition) is 6. The van der Waals surface area contributed by atoms with Crippen LogP contribution in [0.3, 0.4) is 0 Å². The predicted molar refractivity (Wildman–Crippen MR) is 84.5 cm³/mol. The SMILES string of the molecule is CC1(C)OCC(Cc2ccc(-n3cncn3)cc2)C(C(=O)C=O)O1. The monoisotopic (exact) mass is 329 g/mol. The van der Waals surface area contributed by atoms with Crippen LogP contribution in [0.25, 0.3) is 5.69 Å². The summed E-state index contributed by atoms with van der Waals surface area (Å²) in [6.07, 6.45) is 3.23. The summed E-state index contributed by atoms with van der Waals surface area (Å²) in [7, 11) is 0. The molecule has 0 N–H and O–H groups in total. The number of ketones is 1. The van der Waals surface area contributed by atoms with Gasteiger partial charge in [0, 0.05) is 5.92 Å². The Hall–Kier alpha value is -2.38. The van der Waals surface area contributed by atoms with E-state index in [2.05, 4.69) is 10.1 Å². The topological polar surface area (TPSA) is 83.3 Å². The van der Waals surface area contributed by atoms with Crippen molar-refractivity contribution in [3.8, 4) is 5.69 Å². The Morgan fingerprint density at radius 3 is 2.75 bits per heavy atom. The molecule has 0 spiro atoms. The Morgan fingerprint density at radius 1 is 1.38 bits per heavy atom. The summed E-state index contributed by atoms with van der Waals surface area (Å²) >= 11 is 0. The van der Waals surface area contributed by atoms with E-state index in [1.54, 1.807) is 24.9 Å². The first-order valence-electron chi connectivity index (χ1n) is 7.73. The molecule has 0 amide bonds. The first-order chi connectivity index (χ1) is 11.5. The molecule has 2 atom stereocenters. The minimum atomic E-state index is -0.864. The lowest BCUT2D eigenvalue weighted by atomic mass is 9.91. The molecular formula is C17H19N3O4. The number of rotatable bonds is 5. The average Bonchev–Trinajstić information content (AvgIpc) is 3.11. The third-order valence-corrected chi connectivity index (χ3v) is 4.00. The number of hydrogen-bond donors (Lipinski definition) is 0. The van der Waals surface area contributed by atoms with Crippen molar-refractivity contribution in [2.24, 2.45) is 5.92 Å². The summed E-state index contributed by atoms with van der Waals surface area (Å²) in [5, 5.41) is 4.08. The molecule has 24 heavy (non-hydrogen) atoms. The third-order valence-electron chi connectivity index (χ3n) is 4.00. The standard InChI is InChI=1S/C17H19N3O4/c1-17(2)23-9-13(16(24-17)15(22)8-21)7-12-3-5-14(6-4-12)20-11-18-10-19-20/h3-6,8,10-11,13,16H,7,9H2,1-2H3. The molecule has 1 aromatic heterocycles. The van der Waals surface area contributed by atoms with Crippen LogP contribution in [0.15, 0.2) is 36.9 Å². The molecule has 2 unspecified atom stereocenters. The van der Waals surface area contributed by atoms with Crippen LogP contribution in [0.1, 0.15) is 19.4 Å². The maximum Gasteiger partial charge on any atom is 0.224 e. The number of carbonyl (C=O) groups is 2. The molecule has 1 aliphatic heterocycles. The average molecular weight is 329 g/mol. The molecule has 0 radical (unpaired) electrons. The second-order valence-corrected chi connectivity index (χ2v) is 6.24. The zero-order valence-electron chi connectivity index (χ0n) is 13.6. The molecule has 7 heteroatoms. The van der Waals surface area contributed by atoms with Crippen molar-refractivity contribution in [3.63, 3.8) is 0 Å². The van der Waals surface area contributed by atoms with Gasteiger partial charge in [0.2, 0.25) is 5.78 Å². The van der Waals surface area contributed by atoms with Gasteiger partial charge in [0.05, 0.1) is 12.3 Å². The van der Waals surface area contributed by atoms with Gasteiger partial charge in [-0.25, -0.2) is 9.67 Å². The van der Waals surface area contributed by atoms with E-state index in [9.17, 15) is 9.59 Å². The highest BCUT2D eigenvalue weighted by Crippen LogP contribution is 2.29. The van der Waals surface area contributed by atoms with Crippen molar-refractivity contribution < 1.29 is 19.1 Å². The van der Waals surface area contributed by atoms with Crippen LogP contribution in [0.2, 0.25) is 0 Å². The molecule has 3 rings (SSSR count). The molecular weight excluding hydrogens is 310 g/mol. The van der Waals surface area contributed by atoms with Gasteiger partial charge in [-0.15, -0.1) is 0 Å². The van der Waals surface area contributed by atoms with Gasteiger partial charge in [-0.3, -0.25) is 9.59 Å². The second-order valence-electron chi connectivity index (χ2n) is 6.24. The molecule has 126 valence electrons. The molecule has 7 nitrogen and oxygen atoms in total. The Kier molecular flexibility index (Phi) is 4.55. The Bertz CT molecular complexity index is 710. The van der Waals surface area contributed by atoms with Crippen LogP contribution >= 0.6 is 0 Å². The fraction of sp³-hybridized carbons (Fsp3) is 0.412. The van der Waals surface area contributed by atoms with E-state index in [-0.39, 0.29) is 5.92 Å². The van der Waals surface area contributed by atoms with E-state index in [4.69, 9.17) is 9.47 Å². The van der Waals surface area contributed by atoms with E-state index >= 15 is 0 Å². The van der Waals surface area contributed by atoms with Gasteiger partial charge in [-0.05, 0) is 38.0 Å². The first-order valence-corrected chi connectivity index (χ1v) is 7.73. The van der Waals surface area contributed by atoms with Gasteiger partial charge in [0.25, 0.3) is 0 Å². The number of nitrogens with zero attached hydrogens (tertiary/aromatic N) is 3. The summed E-state index contributed by atoms with van der Waals surface area (Å²) in [5.74, 6) is -1.61. The zero-order chi connectivity index (χ0) is 17.2. The van der Waals surface area contributed by atoms with Crippen molar-refractivity contribution in [2.45, 2.75) is 32.2 Å². The zero-order valence-corrected chi connectivity index (χ0v) is 13.6. The molecule has 1 fully saturated rings. The number of aromatic nitrogens is 3. The van der Waals surface area contributed by atoms with Crippen molar-refractivity contribution in [2.75, 3.05) is 6.61 Å². The number of Topliss-reactive ketones (excluding diaryl/α,β-unsaturated/α-hetero) is 1. The maximum absolute atomic E-state index is 11.9. The van der Waals surface area contributed by atoms with E-state index in [0.29, 0.717) is 19.3 Å². The van der Waals surface area contributed by atoms with Crippen LogP contribution in [0.5, 0.6) is 0 Å². The van der Waals surface area contributed by atoms with Crippen LogP contribution in [0.4, 0.5) is 0 Å². The molecule has 1 aromatic carbocycles. The summed E-state index contributed by atoms with van der Waals surface area (Å²) in [4.78, 5) is 26.7. The first kappa shape index (κ1) is 16.5.